The lowest BCUT2D eigenvalue weighted by Gasteiger charge is -2.37. The lowest BCUT2D eigenvalue weighted by Crippen LogP contribution is -2.58. The Morgan fingerprint density at radius 3 is 2.54 bits per heavy atom. The van der Waals surface area contributed by atoms with E-state index < -0.39 is 34.6 Å². The molecule has 2 aliphatic heterocycles. The average molecular weight is 378 g/mol. The van der Waals surface area contributed by atoms with Gasteiger partial charge >= 0.3 is 11.9 Å². The lowest BCUT2D eigenvalue weighted by molar-refractivity contribution is -0.171. The van der Waals surface area contributed by atoms with Gasteiger partial charge < -0.3 is 14.8 Å². The minimum Gasteiger partial charge on any atom is -0.480 e. The number of β-lactam (4-membered cyclic amide) rings is 1. The van der Waals surface area contributed by atoms with E-state index >= 15 is 0 Å². The summed E-state index contributed by atoms with van der Waals surface area (Å²) in [6, 6.07) is 7.08. The highest BCUT2D eigenvalue weighted by atomic mass is 32.2. The first kappa shape index (κ1) is 18.2. The van der Waals surface area contributed by atoms with Crippen LogP contribution in [0.2, 0.25) is 0 Å². The van der Waals surface area contributed by atoms with Crippen molar-refractivity contribution in [3.8, 4) is 0 Å². The molecule has 138 valence electrons. The van der Waals surface area contributed by atoms with Crippen molar-refractivity contribution >= 4 is 35.5 Å². The molecule has 0 saturated carbocycles. The molecule has 2 heterocycles. The highest BCUT2D eigenvalue weighted by Gasteiger charge is 2.59. The Kier molecular flexibility index (Phi) is 4.66. The second kappa shape index (κ2) is 6.64. The van der Waals surface area contributed by atoms with Gasteiger partial charge in [-0.2, -0.15) is 5.48 Å². The van der Waals surface area contributed by atoms with Crippen LogP contribution in [0.1, 0.15) is 31.7 Å². The molecule has 1 aromatic carbocycles. The van der Waals surface area contributed by atoms with Gasteiger partial charge in [-0.25, -0.2) is 4.79 Å². The maximum absolute atomic E-state index is 12.4. The van der Waals surface area contributed by atoms with Gasteiger partial charge in [0.15, 0.2) is 5.92 Å². The quantitative estimate of drug-likeness (QED) is 0.454. The van der Waals surface area contributed by atoms with Gasteiger partial charge in [-0.1, -0.05) is 30.3 Å². The summed E-state index contributed by atoms with van der Waals surface area (Å²) in [6.07, 6.45) is 0.374. The predicted molar refractivity (Wildman–Crippen MR) is 91.8 cm³/mol. The van der Waals surface area contributed by atoms with E-state index in [-0.39, 0.29) is 16.8 Å². The number of nitrogens with zero attached hydrogens (tertiary/aromatic N) is 1. The molecule has 0 aliphatic carbocycles. The topological polar surface area (TPSA) is 113 Å². The average Bonchev–Trinajstić information content (AvgIpc) is 2.79. The number of carboxylic acid groups (broad SMARTS) is 1. The van der Waals surface area contributed by atoms with Gasteiger partial charge in [-0.3, -0.25) is 14.4 Å². The third-order valence-corrected chi connectivity index (χ3v) is 5.94. The summed E-state index contributed by atoms with van der Waals surface area (Å²) in [6.45, 7) is 3.64. The van der Waals surface area contributed by atoms with Gasteiger partial charge in [0.05, 0.1) is 11.8 Å². The minimum atomic E-state index is -1.51. The third-order valence-electron chi connectivity index (χ3n) is 4.44. The van der Waals surface area contributed by atoms with Gasteiger partial charge in [0, 0.05) is 4.75 Å². The van der Waals surface area contributed by atoms with E-state index in [9.17, 15) is 24.3 Å². The van der Waals surface area contributed by atoms with Gasteiger partial charge in [-0.05, 0) is 19.4 Å². The molecule has 1 unspecified atom stereocenters. The minimum absolute atomic E-state index is 0.0677. The second-order valence-electron chi connectivity index (χ2n) is 6.65. The SMILES string of the molecule is CC1(C)S[C@@H]2CC(=O)N2[C@H]1C(=O)ONC(=O)C(C(=O)O)c1ccccc1. The van der Waals surface area contributed by atoms with Crippen LogP contribution in [0.25, 0.3) is 0 Å². The molecule has 0 spiro atoms. The van der Waals surface area contributed by atoms with Gasteiger partial charge in [-0.15, -0.1) is 11.8 Å². The summed E-state index contributed by atoms with van der Waals surface area (Å²) in [7, 11) is 0. The highest BCUT2D eigenvalue weighted by molar-refractivity contribution is 8.01. The van der Waals surface area contributed by atoms with Crippen molar-refractivity contribution in [3.05, 3.63) is 35.9 Å². The zero-order valence-corrected chi connectivity index (χ0v) is 15.0. The monoisotopic (exact) mass is 378 g/mol. The predicted octanol–water partition coefficient (Wildman–Crippen LogP) is 0.882. The van der Waals surface area contributed by atoms with Crippen molar-refractivity contribution < 1.29 is 29.1 Å². The van der Waals surface area contributed by atoms with Crippen LogP contribution in [-0.4, -0.2) is 49.9 Å². The second-order valence-corrected chi connectivity index (χ2v) is 8.49. The standard InChI is InChI=1S/C17H18N2O6S/c1-17(2)13(19-10(20)8-11(19)26-17)16(24)25-18-14(21)12(15(22)23)9-6-4-3-5-7-9/h3-7,11-13H,8H2,1-2H3,(H,18,21)(H,22,23)/t11-,12?,13+/m1/s1. The van der Waals surface area contributed by atoms with Crippen molar-refractivity contribution in [1.82, 2.24) is 10.4 Å². The zero-order chi connectivity index (χ0) is 19.1. The van der Waals surface area contributed by atoms with E-state index in [1.165, 1.54) is 28.8 Å². The van der Waals surface area contributed by atoms with Crippen molar-refractivity contribution in [2.24, 2.45) is 0 Å². The summed E-state index contributed by atoms with van der Waals surface area (Å²) in [4.78, 5) is 54.2. The Labute approximate surface area is 153 Å². The molecule has 0 aromatic heterocycles. The Bertz CT molecular complexity index is 766. The first-order valence-electron chi connectivity index (χ1n) is 7.99. The fourth-order valence-corrected chi connectivity index (χ4v) is 4.84. The molecule has 1 aromatic rings. The molecule has 3 atom stereocenters. The Balaban J connectivity index is 1.68. The van der Waals surface area contributed by atoms with E-state index in [1.54, 1.807) is 18.2 Å². The summed E-state index contributed by atoms with van der Waals surface area (Å²) in [5.41, 5.74) is 2.20. The molecular formula is C17H18N2O6S. The van der Waals surface area contributed by atoms with E-state index in [4.69, 9.17) is 4.84 Å². The van der Waals surface area contributed by atoms with Crippen LogP contribution >= 0.6 is 11.8 Å². The van der Waals surface area contributed by atoms with Crippen LogP contribution < -0.4 is 5.48 Å². The number of fused-ring (bicyclic) bond motifs is 1. The summed E-state index contributed by atoms with van der Waals surface area (Å²) >= 11 is 1.50. The van der Waals surface area contributed by atoms with E-state index in [0.29, 0.717) is 6.42 Å². The fourth-order valence-electron chi connectivity index (χ4n) is 3.22. The number of carbonyl (C=O) groups is 4. The summed E-state index contributed by atoms with van der Waals surface area (Å²) in [5.74, 6) is -4.77. The fraction of sp³-hybridized carbons (Fsp3) is 0.412. The molecule has 2 amide bonds. The normalized spacial score (nSPS) is 24.2. The molecule has 26 heavy (non-hydrogen) atoms. The van der Waals surface area contributed by atoms with Crippen molar-refractivity contribution in [1.29, 1.82) is 0 Å². The van der Waals surface area contributed by atoms with Crippen LogP contribution in [-0.2, 0) is 24.0 Å². The third kappa shape index (κ3) is 3.14. The highest BCUT2D eigenvalue weighted by Crippen LogP contribution is 2.50. The number of thioether (sulfide) groups is 1. The number of rotatable bonds is 4. The molecule has 2 fully saturated rings. The van der Waals surface area contributed by atoms with Crippen LogP contribution in [0.4, 0.5) is 0 Å². The van der Waals surface area contributed by atoms with Crippen molar-refractivity contribution in [2.45, 2.75) is 42.3 Å². The first-order chi connectivity index (χ1) is 12.2. The number of carbonyl (C=O) groups excluding carboxylic acids is 3. The molecule has 8 nitrogen and oxygen atoms in total. The first-order valence-corrected chi connectivity index (χ1v) is 8.87. The van der Waals surface area contributed by atoms with Crippen LogP contribution in [0.15, 0.2) is 30.3 Å². The number of hydroxylamine groups is 1. The maximum atomic E-state index is 12.4. The summed E-state index contributed by atoms with van der Waals surface area (Å²) < 4.78 is -0.565. The number of benzene rings is 1. The van der Waals surface area contributed by atoms with E-state index in [1.807, 2.05) is 19.3 Å². The van der Waals surface area contributed by atoms with Crippen molar-refractivity contribution in [3.63, 3.8) is 0 Å². The molecule has 0 radical (unpaired) electrons. The van der Waals surface area contributed by atoms with Crippen LogP contribution in [0.3, 0.4) is 0 Å². The Hall–Kier alpha value is -2.55. The number of hydrogen-bond acceptors (Lipinski definition) is 6. The molecule has 9 heteroatoms. The van der Waals surface area contributed by atoms with E-state index in [0.717, 1.165) is 0 Å². The van der Waals surface area contributed by atoms with Crippen LogP contribution in [0.5, 0.6) is 0 Å². The Morgan fingerprint density at radius 2 is 1.96 bits per heavy atom. The smallest absolute Gasteiger partial charge is 0.355 e. The Morgan fingerprint density at radius 1 is 1.31 bits per heavy atom. The van der Waals surface area contributed by atoms with Crippen LogP contribution in [0, 0.1) is 0 Å². The number of hydrogen-bond donors (Lipinski definition) is 2. The van der Waals surface area contributed by atoms with Gasteiger partial charge in [0.25, 0.3) is 5.91 Å². The summed E-state index contributed by atoms with van der Waals surface area (Å²) in [5, 5.41) is 9.25. The number of aliphatic carboxylic acids is 1. The molecule has 0 bridgehead atoms. The largest absolute Gasteiger partial charge is 0.480 e. The number of amides is 2. The molecular weight excluding hydrogens is 360 g/mol. The molecule has 2 saturated heterocycles. The molecule has 2 aliphatic rings. The maximum Gasteiger partial charge on any atom is 0.355 e. The van der Waals surface area contributed by atoms with E-state index in [2.05, 4.69) is 0 Å². The molecule has 3 rings (SSSR count). The number of carboxylic acids is 1. The van der Waals surface area contributed by atoms with Gasteiger partial charge in [0.2, 0.25) is 5.91 Å². The van der Waals surface area contributed by atoms with Crippen molar-refractivity contribution in [2.75, 3.05) is 0 Å². The lowest BCUT2D eigenvalue weighted by atomic mass is 9.98. The number of nitrogens with one attached hydrogen (secondary N) is 1. The zero-order valence-electron chi connectivity index (χ0n) is 14.2. The molecule has 2 N–H and O–H groups in total. The van der Waals surface area contributed by atoms with Gasteiger partial charge in [0.1, 0.15) is 6.04 Å².